The average molecular weight is 879 g/mol. The van der Waals surface area contributed by atoms with E-state index < -0.39 is 0 Å². The van der Waals surface area contributed by atoms with Crippen molar-refractivity contribution in [3.63, 3.8) is 0 Å². The van der Waals surface area contributed by atoms with Gasteiger partial charge in [0.25, 0.3) is 0 Å². The summed E-state index contributed by atoms with van der Waals surface area (Å²) in [6, 6.07) is 68.5. The molecule has 4 heterocycles. The summed E-state index contributed by atoms with van der Waals surface area (Å²) in [6.45, 7) is 18.3. The van der Waals surface area contributed by atoms with Gasteiger partial charge in [0.2, 0.25) is 0 Å². The molecule has 0 saturated heterocycles. The molecule has 68 heavy (non-hydrogen) atoms. The Kier molecular flexibility index (Phi) is 8.53. The molecule has 0 atom stereocenters. The Morgan fingerprint density at radius 2 is 0.721 bits per heavy atom. The summed E-state index contributed by atoms with van der Waals surface area (Å²) < 4.78 is 5.15. The van der Waals surface area contributed by atoms with Gasteiger partial charge < -0.3 is 18.6 Å². The van der Waals surface area contributed by atoms with Crippen LogP contribution in [0.25, 0.3) is 76.2 Å². The van der Waals surface area contributed by atoms with Gasteiger partial charge >= 0.3 is 0 Å². The Labute approximate surface area is 397 Å². The number of hydrogen-bond donors (Lipinski definition) is 0. The van der Waals surface area contributed by atoms with Crippen molar-refractivity contribution in [2.45, 2.75) is 66.2 Å². The van der Waals surface area contributed by atoms with Crippen LogP contribution in [-0.2, 0) is 10.8 Å². The molecule has 4 heteroatoms. The van der Waals surface area contributed by atoms with E-state index in [0.29, 0.717) is 0 Å². The van der Waals surface area contributed by atoms with Crippen molar-refractivity contribution in [3.05, 3.63) is 204 Å². The number of rotatable bonds is 6. The van der Waals surface area contributed by atoms with E-state index >= 15 is 0 Å². The van der Waals surface area contributed by atoms with Crippen LogP contribution in [-0.4, -0.2) is 8.80 Å². The van der Waals surface area contributed by atoms with Gasteiger partial charge in [0, 0.05) is 65.8 Å². The van der Waals surface area contributed by atoms with Crippen LogP contribution in [0, 0.1) is 13.8 Å². The predicted molar refractivity (Wildman–Crippen MR) is 292 cm³/mol. The van der Waals surface area contributed by atoms with Gasteiger partial charge in [-0.3, -0.25) is 0 Å². The number of benzene rings is 9. The van der Waals surface area contributed by atoms with Gasteiger partial charge in [0.15, 0.2) is 0 Å². The molecule has 0 N–H and O–H groups in total. The molecule has 0 aliphatic rings. The molecule has 0 saturated carbocycles. The predicted octanol–water partition coefficient (Wildman–Crippen LogP) is 18.1. The van der Waals surface area contributed by atoms with Gasteiger partial charge in [0.05, 0.1) is 44.5 Å². The molecule has 0 unspecified atom stereocenters. The van der Waals surface area contributed by atoms with Crippen molar-refractivity contribution in [3.8, 4) is 0 Å². The first kappa shape index (κ1) is 40.5. The molecular weight excluding hydrogens is 825 g/mol. The van der Waals surface area contributed by atoms with Gasteiger partial charge in [-0.15, -0.1) is 0 Å². The Morgan fingerprint density at radius 3 is 1.10 bits per heavy atom. The van der Waals surface area contributed by atoms with Crippen LogP contribution in [0.3, 0.4) is 0 Å². The lowest BCUT2D eigenvalue weighted by Gasteiger charge is -2.27. The minimum atomic E-state index is -0.0181. The Balaban J connectivity index is 1.16. The summed E-state index contributed by atoms with van der Waals surface area (Å²) in [7, 11) is 0. The maximum Gasteiger partial charge on any atom is 0.0641 e. The fourth-order valence-corrected chi connectivity index (χ4v) is 11.4. The Morgan fingerprint density at radius 1 is 0.324 bits per heavy atom. The zero-order chi connectivity index (χ0) is 46.4. The molecule has 9 aromatic carbocycles. The highest BCUT2D eigenvalue weighted by Gasteiger charge is 2.29. The molecule has 13 aromatic rings. The summed E-state index contributed by atoms with van der Waals surface area (Å²) in [5.41, 5.74) is 19.5. The van der Waals surface area contributed by atoms with Crippen molar-refractivity contribution in [2.75, 3.05) is 9.80 Å². The molecule has 0 aliphatic carbocycles. The van der Waals surface area contributed by atoms with Crippen molar-refractivity contribution >= 4 is 110 Å². The maximum absolute atomic E-state index is 2.58. The van der Waals surface area contributed by atoms with Crippen LogP contribution < -0.4 is 9.80 Å². The number of para-hydroxylation sites is 2. The van der Waals surface area contributed by atoms with Crippen LogP contribution >= 0.6 is 0 Å². The first-order valence-corrected chi connectivity index (χ1v) is 24.1. The maximum atomic E-state index is 2.58. The highest BCUT2D eigenvalue weighted by molar-refractivity contribution is 6.32. The number of anilines is 6. The van der Waals surface area contributed by atoms with Crippen LogP contribution in [0.15, 0.2) is 182 Å². The highest BCUT2D eigenvalue weighted by atomic mass is 15.2. The lowest BCUT2D eigenvalue weighted by molar-refractivity contribution is 0.591. The highest BCUT2D eigenvalue weighted by Crippen LogP contribution is 2.52. The fraction of sp³-hybridized carbons (Fsp3) is 0.156. The zero-order valence-corrected chi connectivity index (χ0v) is 40.1. The molecule has 0 amide bonds. The molecule has 0 aliphatic heterocycles. The molecule has 4 aromatic heterocycles. The number of aromatic nitrogens is 2. The minimum Gasteiger partial charge on any atom is -0.310 e. The van der Waals surface area contributed by atoms with E-state index in [2.05, 4.69) is 256 Å². The lowest BCUT2D eigenvalue weighted by atomic mass is 9.86. The molecule has 0 bridgehead atoms. The second-order valence-electron chi connectivity index (χ2n) is 21.3. The van der Waals surface area contributed by atoms with Crippen molar-refractivity contribution in [1.29, 1.82) is 0 Å². The molecule has 0 fully saturated rings. The third-order valence-electron chi connectivity index (χ3n) is 14.7. The summed E-state index contributed by atoms with van der Waals surface area (Å²) in [5, 5.41) is 10.2. The number of hydrogen-bond acceptors (Lipinski definition) is 2. The summed E-state index contributed by atoms with van der Waals surface area (Å²) in [6.07, 6.45) is 0. The van der Waals surface area contributed by atoms with Crippen LogP contribution in [0.4, 0.5) is 34.1 Å². The average Bonchev–Trinajstić information content (AvgIpc) is 4.05. The SMILES string of the molecule is Cc1cccc(N(c2ccccc2)c2ccc3c4cc5c(cc4n4c6ccc(C(C)(C)C)cc6c2c34)c2ccc(N(c3ccccc3)c3cccc(C)c3)c3c4cc(C(C)(C)C)ccc4n5c23)c1. The van der Waals surface area contributed by atoms with Crippen molar-refractivity contribution in [2.24, 2.45) is 0 Å². The smallest absolute Gasteiger partial charge is 0.0641 e. The van der Waals surface area contributed by atoms with E-state index in [4.69, 9.17) is 0 Å². The van der Waals surface area contributed by atoms with Gasteiger partial charge in [-0.2, -0.15) is 0 Å². The Hall–Kier alpha value is -7.82. The van der Waals surface area contributed by atoms with E-state index in [-0.39, 0.29) is 10.8 Å². The van der Waals surface area contributed by atoms with Gasteiger partial charge in [0.1, 0.15) is 0 Å². The molecule has 0 spiro atoms. The fourth-order valence-electron chi connectivity index (χ4n) is 11.4. The first-order valence-electron chi connectivity index (χ1n) is 24.1. The van der Waals surface area contributed by atoms with E-state index in [1.807, 2.05) is 0 Å². The van der Waals surface area contributed by atoms with Gasteiger partial charge in [-0.25, -0.2) is 0 Å². The topological polar surface area (TPSA) is 15.3 Å². The standard InChI is InChI=1S/C64H54N4/c1-39-17-15-23-45(33-39)65(43-19-11-9-12-20-43)55-31-27-47-49-37-58-50(38-57(49)67-53-29-25-41(63(3,4)5)35-51(53)59(55)61(47)67)48-28-32-56(66(44-21-13-10-14-22-44)46-24-16-18-40(2)34-46)60-52-36-42(64(6,7)8)26-30-54(52)68(58)62(48)60/h9-38H,1-8H3. The number of aryl methyl sites for hydroxylation is 2. The third kappa shape index (κ3) is 5.86. The number of nitrogens with zero attached hydrogens (tertiary/aromatic N) is 4. The molecule has 13 rings (SSSR count). The van der Waals surface area contributed by atoms with Crippen molar-refractivity contribution in [1.82, 2.24) is 8.80 Å². The second-order valence-corrected chi connectivity index (χ2v) is 21.3. The number of fused-ring (bicyclic) bond motifs is 12. The van der Waals surface area contributed by atoms with E-state index in [1.165, 1.54) is 110 Å². The normalized spacial score (nSPS) is 12.7. The van der Waals surface area contributed by atoms with Gasteiger partial charge in [-0.1, -0.05) is 126 Å². The Bertz CT molecular complexity index is 3850. The van der Waals surface area contributed by atoms with Crippen LogP contribution in [0.2, 0.25) is 0 Å². The third-order valence-corrected chi connectivity index (χ3v) is 14.7. The lowest BCUT2D eigenvalue weighted by Crippen LogP contribution is -2.11. The summed E-state index contributed by atoms with van der Waals surface area (Å²) in [4.78, 5) is 4.92. The van der Waals surface area contributed by atoms with Gasteiger partial charge in [-0.05, 0) is 144 Å². The van der Waals surface area contributed by atoms with Crippen LogP contribution in [0.1, 0.15) is 63.8 Å². The molecular formula is C64H54N4. The largest absolute Gasteiger partial charge is 0.310 e. The van der Waals surface area contributed by atoms with Crippen molar-refractivity contribution < 1.29 is 0 Å². The summed E-state index contributed by atoms with van der Waals surface area (Å²) in [5.74, 6) is 0. The molecule has 0 radical (unpaired) electrons. The molecule has 4 nitrogen and oxygen atoms in total. The minimum absolute atomic E-state index is 0.0181. The molecule has 330 valence electrons. The van der Waals surface area contributed by atoms with E-state index in [1.54, 1.807) is 0 Å². The first-order chi connectivity index (χ1) is 32.8. The summed E-state index contributed by atoms with van der Waals surface area (Å²) >= 11 is 0. The quantitative estimate of drug-likeness (QED) is 0.165. The van der Waals surface area contributed by atoms with E-state index in [0.717, 1.165) is 22.7 Å². The zero-order valence-electron chi connectivity index (χ0n) is 40.1. The van der Waals surface area contributed by atoms with Crippen LogP contribution in [0.5, 0.6) is 0 Å². The monoisotopic (exact) mass is 878 g/mol. The second kappa shape index (κ2) is 14.3. The van der Waals surface area contributed by atoms with E-state index in [9.17, 15) is 0 Å².